The Morgan fingerprint density at radius 3 is 2.39 bits per heavy atom. The van der Waals surface area contributed by atoms with Gasteiger partial charge in [-0.05, 0) is 23.3 Å². The molecule has 0 amide bonds. The lowest BCUT2D eigenvalue weighted by molar-refractivity contribution is -0.149. The van der Waals surface area contributed by atoms with E-state index in [1.54, 1.807) is 13.0 Å². The maximum absolute atomic E-state index is 12.4. The first-order valence-electron chi connectivity index (χ1n) is 7.69. The van der Waals surface area contributed by atoms with E-state index in [1.165, 1.54) is 7.11 Å². The van der Waals surface area contributed by atoms with Crippen LogP contribution < -0.4 is 0 Å². The third-order valence-electron chi connectivity index (χ3n) is 3.95. The fraction of sp³-hybridized carbons (Fsp3) is 0.316. The number of carbonyl (C=O) groups is 3. The highest BCUT2D eigenvalue weighted by atomic mass is 16.5. The second-order valence-corrected chi connectivity index (χ2v) is 5.42. The SMILES string of the molecule is CCC(=O)C(CCC(=O)c1ccc2ccccc2c1)C(=O)OC. The molecule has 0 heterocycles. The molecule has 0 aliphatic carbocycles. The summed E-state index contributed by atoms with van der Waals surface area (Å²) in [6.45, 7) is 1.70. The number of fused-ring (bicyclic) bond motifs is 1. The average molecular weight is 312 g/mol. The Morgan fingerprint density at radius 1 is 1.04 bits per heavy atom. The molecule has 2 rings (SSSR count). The molecule has 0 fully saturated rings. The van der Waals surface area contributed by atoms with Crippen molar-refractivity contribution in [3.63, 3.8) is 0 Å². The molecular formula is C19H20O4. The van der Waals surface area contributed by atoms with Gasteiger partial charge in [0, 0.05) is 18.4 Å². The van der Waals surface area contributed by atoms with Crippen molar-refractivity contribution in [2.24, 2.45) is 5.92 Å². The van der Waals surface area contributed by atoms with Crippen LogP contribution in [0.2, 0.25) is 0 Å². The van der Waals surface area contributed by atoms with E-state index in [9.17, 15) is 14.4 Å². The molecule has 4 nitrogen and oxygen atoms in total. The Morgan fingerprint density at radius 2 is 1.74 bits per heavy atom. The maximum Gasteiger partial charge on any atom is 0.316 e. The van der Waals surface area contributed by atoms with Gasteiger partial charge in [0.05, 0.1) is 7.11 Å². The summed E-state index contributed by atoms with van der Waals surface area (Å²) in [4.78, 5) is 35.9. The lowest BCUT2D eigenvalue weighted by Gasteiger charge is -2.12. The number of methoxy groups -OCH3 is 1. The van der Waals surface area contributed by atoms with Gasteiger partial charge < -0.3 is 4.74 Å². The summed E-state index contributed by atoms with van der Waals surface area (Å²) in [6.07, 6.45) is 0.582. The standard InChI is InChI=1S/C19H20O4/c1-3-17(20)16(19(22)23-2)10-11-18(21)15-9-8-13-6-4-5-7-14(13)12-15/h4-9,12,16H,3,10-11H2,1-2H3. The van der Waals surface area contributed by atoms with Crippen LogP contribution in [0.1, 0.15) is 36.5 Å². The summed E-state index contributed by atoms with van der Waals surface area (Å²) in [5.41, 5.74) is 0.594. The summed E-state index contributed by atoms with van der Waals surface area (Å²) in [5.74, 6) is -1.69. The van der Waals surface area contributed by atoms with E-state index in [2.05, 4.69) is 4.74 Å². The monoisotopic (exact) mass is 312 g/mol. The van der Waals surface area contributed by atoms with E-state index >= 15 is 0 Å². The normalized spacial score (nSPS) is 11.9. The van der Waals surface area contributed by atoms with Crippen LogP contribution in [0.25, 0.3) is 10.8 Å². The van der Waals surface area contributed by atoms with Crippen LogP contribution in [-0.2, 0) is 14.3 Å². The van der Waals surface area contributed by atoms with Crippen LogP contribution >= 0.6 is 0 Å². The van der Waals surface area contributed by atoms with Crippen LogP contribution in [-0.4, -0.2) is 24.6 Å². The Kier molecular flexibility index (Phi) is 5.63. The second kappa shape index (κ2) is 7.68. The predicted molar refractivity (Wildman–Crippen MR) is 88.3 cm³/mol. The quantitative estimate of drug-likeness (QED) is 0.445. The summed E-state index contributed by atoms with van der Waals surface area (Å²) >= 11 is 0. The van der Waals surface area contributed by atoms with Crippen molar-refractivity contribution in [1.29, 1.82) is 0 Å². The summed E-state index contributed by atoms with van der Waals surface area (Å²) < 4.78 is 4.66. The molecule has 1 atom stereocenters. The van der Waals surface area contributed by atoms with Crippen molar-refractivity contribution in [2.75, 3.05) is 7.11 Å². The third-order valence-corrected chi connectivity index (χ3v) is 3.95. The smallest absolute Gasteiger partial charge is 0.316 e. The van der Waals surface area contributed by atoms with Gasteiger partial charge in [-0.1, -0.05) is 43.3 Å². The zero-order valence-electron chi connectivity index (χ0n) is 13.4. The van der Waals surface area contributed by atoms with Crippen LogP contribution in [0.3, 0.4) is 0 Å². The molecule has 2 aromatic carbocycles. The molecule has 0 bridgehead atoms. The van der Waals surface area contributed by atoms with E-state index in [0.29, 0.717) is 5.56 Å². The summed E-state index contributed by atoms with van der Waals surface area (Å²) in [7, 11) is 1.25. The molecule has 0 aliphatic heterocycles. The molecule has 120 valence electrons. The van der Waals surface area contributed by atoms with E-state index in [0.717, 1.165) is 10.8 Å². The molecule has 0 aliphatic rings. The molecule has 0 radical (unpaired) electrons. The molecule has 0 aromatic heterocycles. The highest BCUT2D eigenvalue weighted by Crippen LogP contribution is 2.19. The van der Waals surface area contributed by atoms with Gasteiger partial charge in [-0.2, -0.15) is 0 Å². The van der Waals surface area contributed by atoms with Gasteiger partial charge in [-0.3, -0.25) is 14.4 Å². The van der Waals surface area contributed by atoms with Gasteiger partial charge in [0.15, 0.2) is 5.78 Å². The molecule has 2 aromatic rings. The third kappa shape index (κ3) is 4.03. The summed E-state index contributed by atoms with van der Waals surface area (Å²) in [5, 5.41) is 2.06. The fourth-order valence-electron chi connectivity index (χ4n) is 2.58. The number of ketones is 2. The maximum atomic E-state index is 12.4. The number of benzene rings is 2. The van der Waals surface area contributed by atoms with Gasteiger partial charge in [-0.15, -0.1) is 0 Å². The van der Waals surface area contributed by atoms with Crippen LogP contribution in [0, 0.1) is 5.92 Å². The fourth-order valence-corrected chi connectivity index (χ4v) is 2.58. The van der Waals surface area contributed by atoms with Crippen molar-refractivity contribution in [3.05, 3.63) is 48.0 Å². The molecular weight excluding hydrogens is 292 g/mol. The minimum Gasteiger partial charge on any atom is -0.468 e. The minimum atomic E-state index is -0.852. The van der Waals surface area contributed by atoms with Crippen LogP contribution in [0.4, 0.5) is 0 Å². The number of esters is 1. The topological polar surface area (TPSA) is 60.4 Å². The lowest BCUT2D eigenvalue weighted by Crippen LogP contribution is -2.25. The van der Waals surface area contributed by atoms with Crippen molar-refractivity contribution >= 4 is 28.3 Å². The first kappa shape index (κ1) is 16.9. The van der Waals surface area contributed by atoms with Crippen molar-refractivity contribution in [3.8, 4) is 0 Å². The van der Waals surface area contributed by atoms with E-state index in [4.69, 9.17) is 0 Å². The molecule has 0 saturated carbocycles. The number of hydrogen-bond acceptors (Lipinski definition) is 4. The lowest BCUT2D eigenvalue weighted by atomic mass is 9.93. The number of rotatable bonds is 7. The summed E-state index contributed by atoms with van der Waals surface area (Å²) in [6, 6.07) is 13.3. The van der Waals surface area contributed by atoms with E-state index in [1.807, 2.05) is 36.4 Å². The Labute approximate surface area is 135 Å². The van der Waals surface area contributed by atoms with E-state index < -0.39 is 11.9 Å². The Bertz CT molecular complexity index is 717. The molecule has 0 N–H and O–H groups in total. The first-order valence-corrected chi connectivity index (χ1v) is 7.69. The number of ether oxygens (including phenoxy) is 1. The highest BCUT2D eigenvalue weighted by Gasteiger charge is 2.26. The van der Waals surface area contributed by atoms with E-state index in [-0.39, 0.29) is 30.8 Å². The zero-order chi connectivity index (χ0) is 16.8. The first-order chi connectivity index (χ1) is 11.1. The van der Waals surface area contributed by atoms with Crippen molar-refractivity contribution in [1.82, 2.24) is 0 Å². The molecule has 0 spiro atoms. The van der Waals surface area contributed by atoms with Gasteiger partial charge >= 0.3 is 5.97 Å². The Hall–Kier alpha value is -2.49. The van der Waals surface area contributed by atoms with Gasteiger partial charge in [0.25, 0.3) is 0 Å². The van der Waals surface area contributed by atoms with Gasteiger partial charge in [-0.25, -0.2) is 0 Å². The average Bonchev–Trinajstić information content (AvgIpc) is 2.60. The molecule has 1 unspecified atom stereocenters. The molecule has 23 heavy (non-hydrogen) atoms. The second-order valence-electron chi connectivity index (χ2n) is 5.42. The number of hydrogen-bond donors (Lipinski definition) is 0. The predicted octanol–water partition coefficient (Wildman–Crippen LogP) is 3.57. The van der Waals surface area contributed by atoms with Crippen LogP contribution in [0.15, 0.2) is 42.5 Å². The van der Waals surface area contributed by atoms with Crippen LogP contribution in [0.5, 0.6) is 0 Å². The van der Waals surface area contributed by atoms with Gasteiger partial charge in [0.1, 0.15) is 11.7 Å². The molecule has 0 saturated heterocycles. The number of carbonyl (C=O) groups excluding carboxylic acids is 3. The van der Waals surface area contributed by atoms with Crippen molar-refractivity contribution in [2.45, 2.75) is 26.2 Å². The zero-order valence-corrected chi connectivity index (χ0v) is 13.4. The Balaban J connectivity index is 2.10. The highest BCUT2D eigenvalue weighted by molar-refractivity contribution is 6.02. The molecule has 4 heteroatoms. The van der Waals surface area contributed by atoms with Gasteiger partial charge in [0.2, 0.25) is 0 Å². The number of Topliss-reactive ketones (excluding diaryl/α,β-unsaturated/α-hetero) is 2. The van der Waals surface area contributed by atoms with Crippen molar-refractivity contribution < 1.29 is 19.1 Å². The minimum absolute atomic E-state index is 0.0754. The largest absolute Gasteiger partial charge is 0.468 e.